The lowest BCUT2D eigenvalue weighted by atomic mass is 9.95. The summed E-state index contributed by atoms with van der Waals surface area (Å²) in [6.45, 7) is 5.91. The van der Waals surface area contributed by atoms with Crippen molar-refractivity contribution in [3.05, 3.63) is 59.1 Å². The first-order valence-corrected chi connectivity index (χ1v) is 11.9. The number of rotatable bonds is 7. The maximum absolute atomic E-state index is 15.8. The second kappa shape index (κ2) is 8.87. The zero-order valence-corrected chi connectivity index (χ0v) is 20.0. The fourth-order valence-corrected chi connectivity index (χ4v) is 3.94. The van der Waals surface area contributed by atoms with Gasteiger partial charge in [-0.05, 0) is 60.4 Å². The summed E-state index contributed by atoms with van der Waals surface area (Å²) in [7, 11) is 0. The van der Waals surface area contributed by atoms with Crippen LogP contribution >= 0.6 is 0 Å². The molecular formula is C26H28FN5O3. The van der Waals surface area contributed by atoms with Crippen LogP contribution in [0.15, 0.2) is 35.0 Å². The molecule has 2 heterocycles. The average molecular weight is 478 g/mol. The molecule has 2 N–H and O–H groups in total. The fraction of sp³-hybridized carbons (Fsp3) is 0.423. The molecule has 0 aliphatic heterocycles. The minimum absolute atomic E-state index is 0.0439. The van der Waals surface area contributed by atoms with Gasteiger partial charge in [0.2, 0.25) is 11.8 Å². The van der Waals surface area contributed by atoms with E-state index in [4.69, 9.17) is 4.52 Å². The molecule has 8 nitrogen and oxygen atoms in total. The van der Waals surface area contributed by atoms with Crippen molar-refractivity contribution < 1.29 is 18.5 Å². The molecule has 0 radical (unpaired) electrons. The second-order valence-corrected chi connectivity index (χ2v) is 10.3. The van der Waals surface area contributed by atoms with E-state index in [9.17, 15) is 9.59 Å². The van der Waals surface area contributed by atoms with E-state index in [1.807, 2.05) is 26.8 Å². The molecule has 182 valence electrons. The minimum atomic E-state index is -0.472. The Hall–Kier alpha value is -3.62. The molecule has 1 aromatic carbocycles. The van der Waals surface area contributed by atoms with Crippen molar-refractivity contribution in [3.8, 4) is 11.1 Å². The van der Waals surface area contributed by atoms with Gasteiger partial charge in [0, 0.05) is 29.6 Å². The van der Waals surface area contributed by atoms with Gasteiger partial charge >= 0.3 is 0 Å². The van der Waals surface area contributed by atoms with Gasteiger partial charge < -0.3 is 15.2 Å². The number of nitrogens with one attached hydrogen (secondary N) is 2. The van der Waals surface area contributed by atoms with Crippen LogP contribution in [0.25, 0.3) is 11.1 Å². The minimum Gasteiger partial charge on any atom is -0.345 e. The smallest absolute Gasteiger partial charge is 0.292 e. The number of pyridine rings is 1. The number of anilines is 1. The van der Waals surface area contributed by atoms with E-state index in [0.29, 0.717) is 28.4 Å². The van der Waals surface area contributed by atoms with Crippen molar-refractivity contribution in [2.45, 2.75) is 64.3 Å². The quantitative estimate of drug-likeness (QED) is 0.509. The Morgan fingerprint density at radius 3 is 2.57 bits per heavy atom. The molecule has 2 aliphatic carbocycles. The van der Waals surface area contributed by atoms with Crippen LogP contribution < -0.4 is 10.6 Å². The van der Waals surface area contributed by atoms with Crippen molar-refractivity contribution in [3.63, 3.8) is 0 Å². The molecule has 0 bridgehead atoms. The third-order valence-corrected chi connectivity index (χ3v) is 6.24. The number of carbonyl (C=O) groups is 2. The molecule has 35 heavy (non-hydrogen) atoms. The Balaban J connectivity index is 1.35. The molecule has 0 atom stereocenters. The topological polar surface area (TPSA) is 110 Å². The van der Waals surface area contributed by atoms with Crippen LogP contribution in [0.1, 0.15) is 80.0 Å². The fourth-order valence-electron chi connectivity index (χ4n) is 3.94. The van der Waals surface area contributed by atoms with Gasteiger partial charge in [0.05, 0.1) is 0 Å². The van der Waals surface area contributed by atoms with Crippen molar-refractivity contribution in [2.24, 2.45) is 5.92 Å². The second-order valence-electron chi connectivity index (χ2n) is 10.3. The van der Waals surface area contributed by atoms with Crippen LogP contribution in [0.2, 0.25) is 0 Å². The van der Waals surface area contributed by atoms with Gasteiger partial charge in [0.15, 0.2) is 0 Å². The van der Waals surface area contributed by atoms with Gasteiger partial charge in [-0.1, -0.05) is 38.1 Å². The normalized spacial score (nSPS) is 15.7. The Bertz CT molecular complexity index is 1290. The van der Waals surface area contributed by atoms with Crippen LogP contribution in [-0.4, -0.2) is 26.9 Å². The Morgan fingerprint density at radius 2 is 1.91 bits per heavy atom. The van der Waals surface area contributed by atoms with Crippen LogP contribution in [0, 0.1) is 11.7 Å². The number of halogens is 1. The van der Waals surface area contributed by atoms with Crippen LogP contribution in [0.4, 0.5) is 10.2 Å². The van der Waals surface area contributed by atoms with Gasteiger partial charge in [0.25, 0.3) is 11.7 Å². The van der Waals surface area contributed by atoms with E-state index in [1.54, 1.807) is 24.4 Å². The number of aromatic nitrogens is 3. The van der Waals surface area contributed by atoms with E-state index in [1.165, 1.54) is 0 Å². The summed E-state index contributed by atoms with van der Waals surface area (Å²) in [6, 6.07) is 6.97. The average Bonchev–Trinajstić information content (AvgIpc) is 3.75. The number of hydrogen-bond donors (Lipinski definition) is 2. The monoisotopic (exact) mass is 477 g/mol. The van der Waals surface area contributed by atoms with Crippen LogP contribution in [0.3, 0.4) is 0 Å². The molecule has 2 aromatic heterocycles. The summed E-state index contributed by atoms with van der Waals surface area (Å²) in [5, 5.41) is 9.37. The highest BCUT2D eigenvalue weighted by molar-refractivity contribution is 5.93. The molecule has 2 amide bonds. The summed E-state index contributed by atoms with van der Waals surface area (Å²) >= 11 is 0. The highest BCUT2D eigenvalue weighted by Crippen LogP contribution is 2.45. The number of nitrogens with zero attached hydrogens (tertiary/aromatic N) is 3. The van der Waals surface area contributed by atoms with Crippen molar-refractivity contribution in [2.75, 3.05) is 5.32 Å². The highest BCUT2D eigenvalue weighted by atomic mass is 19.1. The standard InChI is InChI=1S/C26H28FN5O3/c1-26(2,3)25-31-22(32-35-25)24(34)29-13-17-8-9-18(21(27)20(17)14-4-5-14)16-10-11-28-19(12-16)30-23(33)15-6-7-15/h8-12,14-15H,4-7,13H2,1-3H3,(H,29,34)(H,28,30,33). The number of amides is 2. The number of hydrogen-bond acceptors (Lipinski definition) is 6. The molecule has 0 spiro atoms. The van der Waals surface area contributed by atoms with Crippen LogP contribution in [-0.2, 0) is 16.8 Å². The van der Waals surface area contributed by atoms with E-state index in [0.717, 1.165) is 31.2 Å². The third-order valence-electron chi connectivity index (χ3n) is 6.24. The lowest BCUT2D eigenvalue weighted by Crippen LogP contribution is -2.25. The summed E-state index contributed by atoms with van der Waals surface area (Å²) in [5.41, 5.74) is 2.06. The summed E-state index contributed by atoms with van der Waals surface area (Å²) in [4.78, 5) is 33.0. The van der Waals surface area contributed by atoms with Gasteiger partial charge in [0.1, 0.15) is 11.6 Å². The maximum atomic E-state index is 15.8. The Kier molecular flexibility index (Phi) is 5.86. The number of benzene rings is 1. The van der Waals surface area contributed by atoms with Gasteiger partial charge in [-0.25, -0.2) is 9.37 Å². The van der Waals surface area contributed by atoms with E-state index < -0.39 is 5.91 Å². The van der Waals surface area contributed by atoms with E-state index in [2.05, 4.69) is 25.8 Å². The summed E-state index contributed by atoms with van der Waals surface area (Å²) in [5.74, 6) is 0.101. The molecule has 0 saturated heterocycles. The maximum Gasteiger partial charge on any atom is 0.292 e. The predicted molar refractivity (Wildman–Crippen MR) is 127 cm³/mol. The first-order chi connectivity index (χ1) is 16.7. The van der Waals surface area contributed by atoms with Crippen molar-refractivity contribution in [1.82, 2.24) is 20.4 Å². The first-order valence-electron chi connectivity index (χ1n) is 11.9. The molecule has 3 aromatic rings. The first kappa shape index (κ1) is 23.1. The molecule has 5 rings (SSSR count). The van der Waals surface area contributed by atoms with Crippen molar-refractivity contribution in [1.29, 1.82) is 0 Å². The molecule has 9 heteroatoms. The zero-order chi connectivity index (χ0) is 24.7. The molecule has 0 unspecified atom stereocenters. The lowest BCUT2D eigenvalue weighted by Gasteiger charge is -2.15. The third kappa shape index (κ3) is 5.08. The van der Waals surface area contributed by atoms with Gasteiger partial charge in [-0.15, -0.1) is 0 Å². The molecule has 2 saturated carbocycles. The van der Waals surface area contributed by atoms with Gasteiger partial charge in [-0.2, -0.15) is 4.98 Å². The Morgan fingerprint density at radius 1 is 1.14 bits per heavy atom. The number of carbonyl (C=O) groups excluding carboxylic acids is 2. The van der Waals surface area contributed by atoms with E-state index in [-0.39, 0.29) is 41.3 Å². The molecule has 2 aliphatic rings. The SMILES string of the molecule is CC(C)(C)c1nc(C(=O)NCc2ccc(-c3ccnc(NC(=O)C4CC4)c3)c(F)c2C2CC2)no1. The van der Waals surface area contributed by atoms with Crippen LogP contribution in [0.5, 0.6) is 0 Å². The highest BCUT2D eigenvalue weighted by Gasteiger charge is 2.32. The Labute approximate surface area is 202 Å². The van der Waals surface area contributed by atoms with Crippen molar-refractivity contribution >= 4 is 17.6 Å². The molecule has 2 fully saturated rings. The zero-order valence-electron chi connectivity index (χ0n) is 20.0. The largest absolute Gasteiger partial charge is 0.345 e. The lowest BCUT2D eigenvalue weighted by molar-refractivity contribution is -0.117. The summed E-state index contributed by atoms with van der Waals surface area (Å²) < 4.78 is 21.0. The van der Waals surface area contributed by atoms with Gasteiger partial charge in [-0.3, -0.25) is 9.59 Å². The predicted octanol–water partition coefficient (Wildman–Crippen LogP) is 4.72. The molecular weight excluding hydrogens is 449 g/mol. The summed E-state index contributed by atoms with van der Waals surface area (Å²) in [6.07, 6.45) is 5.17. The van der Waals surface area contributed by atoms with E-state index >= 15 is 4.39 Å².